The fourth-order valence-corrected chi connectivity index (χ4v) is 1.58. The second-order valence-corrected chi connectivity index (χ2v) is 4.55. The molecule has 18 heavy (non-hydrogen) atoms. The second-order valence-electron chi connectivity index (χ2n) is 4.55. The van der Waals surface area contributed by atoms with E-state index >= 15 is 0 Å². The van der Waals surface area contributed by atoms with Crippen LogP contribution in [-0.2, 0) is 4.79 Å². The highest BCUT2D eigenvalue weighted by atomic mass is 16.1. The Balaban J connectivity index is 2.47. The van der Waals surface area contributed by atoms with E-state index < -0.39 is 0 Å². The molecule has 0 aliphatic heterocycles. The summed E-state index contributed by atoms with van der Waals surface area (Å²) in [5.74, 6) is 0.0606. The molecule has 0 saturated carbocycles. The van der Waals surface area contributed by atoms with E-state index in [9.17, 15) is 4.79 Å². The van der Waals surface area contributed by atoms with Crippen LogP contribution >= 0.6 is 0 Å². The molecular formula is C14H19N3O. The highest BCUT2D eigenvalue weighted by molar-refractivity contribution is 5.76. The van der Waals surface area contributed by atoms with Crippen LogP contribution in [0.15, 0.2) is 24.3 Å². The number of rotatable bonds is 5. The Kier molecular flexibility index (Phi) is 5.19. The third kappa shape index (κ3) is 4.46. The second kappa shape index (κ2) is 6.65. The van der Waals surface area contributed by atoms with E-state index in [2.05, 4.69) is 11.4 Å². The minimum Gasteiger partial charge on any atom is -0.374 e. The predicted octanol–water partition coefficient (Wildman–Crippen LogP) is 1.91. The first-order valence-electron chi connectivity index (χ1n) is 6.03. The molecule has 0 atom stereocenters. The van der Waals surface area contributed by atoms with Crippen molar-refractivity contribution in [2.75, 3.05) is 18.5 Å². The molecule has 1 aromatic carbocycles. The van der Waals surface area contributed by atoms with E-state index in [4.69, 9.17) is 5.26 Å². The molecule has 4 nitrogen and oxygen atoms in total. The lowest BCUT2D eigenvalue weighted by Crippen LogP contribution is -2.33. The Morgan fingerprint density at radius 1 is 1.39 bits per heavy atom. The topological polar surface area (TPSA) is 56.1 Å². The van der Waals surface area contributed by atoms with Crippen LogP contribution < -0.4 is 10.2 Å². The Morgan fingerprint density at radius 2 is 2.00 bits per heavy atom. The number of carbonyl (C=O) groups is 1. The van der Waals surface area contributed by atoms with Crippen LogP contribution in [0.3, 0.4) is 0 Å². The Labute approximate surface area is 108 Å². The summed E-state index contributed by atoms with van der Waals surface area (Å²) < 4.78 is 0. The van der Waals surface area contributed by atoms with Crippen molar-refractivity contribution < 1.29 is 4.79 Å². The van der Waals surface area contributed by atoms with E-state index in [1.807, 2.05) is 37.9 Å². The Morgan fingerprint density at radius 3 is 2.50 bits per heavy atom. The zero-order valence-corrected chi connectivity index (χ0v) is 11.1. The van der Waals surface area contributed by atoms with Crippen molar-refractivity contribution in [1.29, 1.82) is 5.26 Å². The fourth-order valence-electron chi connectivity index (χ4n) is 1.58. The monoisotopic (exact) mass is 245 g/mol. The maximum Gasteiger partial charge on any atom is 0.221 e. The summed E-state index contributed by atoms with van der Waals surface area (Å²) in [6, 6.07) is 9.59. The molecule has 0 bridgehead atoms. The minimum absolute atomic E-state index is 0.0606. The van der Waals surface area contributed by atoms with Gasteiger partial charge < -0.3 is 10.2 Å². The van der Waals surface area contributed by atoms with Gasteiger partial charge in [0.1, 0.15) is 0 Å². The number of hydrogen-bond acceptors (Lipinski definition) is 3. The molecule has 0 radical (unpaired) electrons. The largest absolute Gasteiger partial charge is 0.374 e. The summed E-state index contributed by atoms with van der Waals surface area (Å²) >= 11 is 0. The third-order valence-electron chi connectivity index (χ3n) is 2.56. The summed E-state index contributed by atoms with van der Waals surface area (Å²) in [6.45, 7) is 4.55. The molecule has 0 fully saturated rings. The van der Waals surface area contributed by atoms with Gasteiger partial charge >= 0.3 is 0 Å². The lowest BCUT2D eigenvalue weighted by atomic mass is 10.2. The molecule has 1 amide bonds. The summed E-state index contributed by atoms with van der Waals surface area (Å²) in [4.78, 5) is 13.5. The van der Waals surface area contributed by atoms with Gasteiger partial charge in [0.15, 0.2) is 0 Å². The van der Waals surface area contributed by atoms with Crippen molar-refractivity contribution in [3.05, 3.63) is 29.8 Å². The minimum atomic E-state index is 0.0606. The Bertz CT molecular complexity index is 431. The van der Waals surface area contributed by atoms with Crippen LogP contribution in [0, 0.1) is 11.3 Å². The van der Waals surface area contributed by atoms with Crippen molar-refractivity contribution in [1.82, 2.24) is 5.32 Å². The molecule has 1 N–H and O–H groups in total. The zero-order valence-electron chi connectivity index (χ0n) is 11.1. The van der Waals surface area contributed by atoms with Crippen molar-refractivity contribution in [2.24, 2.45) is 0 Å². The lowest BCUT2D eigenvalue weighted by molar-refractivity contribution is -0.121. The number of nitriles is 1. The predicted molar refractivity (Wildman–Crippen MR) is 72.3 cm³/mol. The van der Waals surface area contributed by atoms with Crippen LogP contribution in [-0.4, -0.2) is 25.5 Å². The van der Waals surface area contributed by atoms with Crippen LogP contribution in [0.2, 0.25) is 0 Å². The average Bonchev–Trinajstić information content (AvgIpc) is 2.35. The SMILES string of the molecule is CC(C)NC(=O)CCN(C)c1ccc(C#N)cc1. The Hall–Kier alpha value is -2.02. The summed E-state index contributed by atoms with van der Waals surface area (Å²) in [5, 5.41) is 11.6. The number of amides is 1. The van der Waals surface area contributed by atoms with Crippen LogP contribution in [0.25, 0.3) is 0 Å². The molecule has 4 heteroatoms. The maximum atomic E-state index is 11.5. The van der Waals surface area contributed by atoms with Crippen LogP contribution in [0.5, 0.6) is 0 Å². The van der Waals surface area contributed by atoms with Crippen molar-refractivity contribution in [3.63, 3.8) is 0 Å². The van der Waals surface area contributed by atoms with E-state index in [0.717, 1.165) is 5.69 Å². The summed E-state index contributed by atoms with van der Waals surface area (Å²) in [6.07, 6.45) is 0.467. The molecule has 0 spiro atoms. The van der Waals surface area contributed by atoms with Gasteiger partial charge in [-0.2, -0.15) is 5.26 Å². The van der Waals surface area contributed by atoms with Gasteiger partial charge in [-0.05, 0) is 38.1 Å². The molecule has 0 aromatic heterocycles. The highest BCUT2D eigenvalue weighted by Crippen LogP contribution is 2.13. The van der Waals surface area contributed by atoms with Crippen LogP contribution in [0.4, 0.5) is 5.69 Å². The van der Waals surface area contributed by atoms with Crippen molar-refractivity contribution >= 4 is 11.6 Å². The van der Waals surface area contributed by atoms with E-state index in [0.29, 0.717) is 18.5 Å². The van der Waals surface area contributed by atoms with Gasteiger partial charge in [0.2, 0.25) is 5.91 Å². The molecule has 0 aliphatic carbocycles. The first-order valence-corrected chi connectivity index (χ1v) is 6.03. The molecule has 1 aromatic rings. The van der Waals surface area contributed by atoms with Gasteiger partial charge in [0.25, 0.3) is 0 Å². The van der Waals surface area contributed by atoms with Gasteiger partial charge in [-0.15, -0.1) is 0 Å². The lowest BCUT2D eigenvalue weighted by Gasteiger charge is -2.19. The van der Waals surface area contributed by atoms with Gasteiger partial charge in [0.05, 0.1) is 11.6 Å². The number of benzene rings is 1. The highest BCUT2D eigenvalue weighted by Gasteiger charge is 2.06. The molecule has 1 rings (SSSR count). The first kappa shape index (κ1) is 14.0. The normalized spacial score (nSPS) is 9.94. The molecule has 0 saturated heterocycles. The molecule has 0 unspecified atom stereocenters. The van der Waals surface area contributed by atoms with E-state index in [1.165, 1.54) is 0 Å². The fraction of sp³-hybridized carbons (Fsp3) is 0.429. The molecule has 0 aliphatic rings. The number of anilines is 1. The van der Waals surface area contributed by atoms with Gasteiger partial charge in [-0.3, -0.25) is 4.79 Å². The number of carbonyl (C=O) groups excluding carboxylic acids is 1. The van der Waals surface area contributed by atoms with Gasteiger partial charge in [-0.25, -0.2) is 0 Å². The number of nitrogens with zero attached hydrogens (tertiary/aromatic N) is 2. The zero-order chi connectivity index (χ0) is 13.5. The number of nitrogens with one attached hydrogen (secondary N) is 1. The first-order chi connectivity index (χ1) is 8.52. The van der Waals surface area contributed by atoms with Crippen LogP contribution in [0.1, 0.15) is 25.8 Å². The third-order valence-corrected chi connectivity index (χ3v) is 2.56. The summed E-state index contributed by atoms with van der Waals surface area (Å²) in [5.41, 5.74) is 1.65. The quantitative estimate of drug-likeness (QED) is 0.862. The smallest absolute Gasteiger partial charge is 0.221 e. The summed E-state index contributed by atoms with van der Waals surface area (Å²) in [7, 11) is 1.93. The maximum absolute atomic E-state index is 11.5. The molecule has 96 valence electrons. The van der Waals surface area contributed by atoms with Gasteiger partial charge in [0, 0.05) is 31.7 Å². The average molecular weight is 245 g/mol. The van der Waals surface area contributed by atoms with Crippen molar-refractivity contribution in [3.8, 4) is 6.07 Å². The standard InChI is InChI=1S/C14H19N3O/c1-11(2)16-14(18)8-9-17(3)13-6-4-12(10-15)5-7-13/h4-7,11H,8-9H2,1-3H3,(H,16,18). The van der Waals surface area contributed by atoms with Crippen molar-refractivity contribution in [2.45, 2.75) is 26.3 Å². The van der Waals surface area contributed by atoms with E-state index in [1.54, 1.807) is 12.1 Å². The molecular weight excluding hydrogens is 226 g/mol. The van der Waals surface area contributed by atoms with Gasteiger partial charge in [-0.1, -0.05) is 0 Å². The number of hydrogen-bond donors (Lipinski definition) is 1. The van der Waals surface area contributed by atoms with E-state index in [-0.39, 0.29) is 11.9 Å². The molecule has 0 heterocycles.